The standard InChI is InChI=1S/C15H10ClNO3S/c1-9-13(17-14(21-9)12-3-2-8-19-12)15(18)20-11-6-4-10(16)5-7-11/h2-8H,1H3. The van der Waals surface area contributed by atoms with Crippen LogP contribution in [0.3, 0.4) is 0 Å². The predicted octanol–water partition coefficient (Wildman–Crippen LogP) is 4.58. The number of carbonyl (C=O) groups excluding carboxylic acids is 1. The molecule has 0 aliphatic heterocycles. The highest BCUT2D eigenvalue weighted by Gasteiger charge is 2.19. The molecule has 0 fully saturated rings. The highest BCUT2D eigenvalue weighted by atomic mass is 35.5. The lowest BCUT2D eigenvalue weighted by atomic mass is 10.3. The molecule has 0 aliphatic rings. The Kier molecular flexibility index (Phi) is 3.77. The number of thiazole rings is 1. The summed E-state index contributed by atoms with van der Waals surface area (Å²) in [5.41, 5.74) is 0.293. The molecule has 3 aromatic rings. The Labute approximate surface area is 130 Å². The van der Waals surface area contributed by atoms with Crippen molar-refractivity contribution >= 4 is 28.9 Å². The number of hydrogen-bond acceptors (Lipinski definition) is 5. The van der Waals surface area contributed by atoms with E-state index in [0.29, 0.717) is 27.2 Å². The van der Waals surface area contributed by atoms with E-state index in [-0.39, 0.29) is 0 Å². The summed E-state index contributed by atoms with van der Waals surface area (Å²) in [5.74, 6) is 0.564. The van der Waals surface area contributed by atoms with E-state index in [1.165, 1.54) is 11.3 Å². The summed E-state index contributed by atoms with van der Waals surface area (Å²) in [4.78, 5) is 17.2. The summed E-state index contributed by atoms with van der Waals surface area (Å²) in [6.45, 7) is 1.82. The summed E-state index contributed by atoms with van der Waals surface area (Å²) in [6.07, 6.45) is 1.57. The topological polar surface area (TPSA) is 52.3 Å². The van der Waals surface area contributed by atoms with E-state index in [9.17, 15) is 4.79 Å². The van der Waals surface area contributed by atoms with Crippen molar-refractivity contribution in [3.05, 3.63) is 58.3 Å². The van der Waals surface area contributed by atoms with E-state index in [1.807, 2.05) is 6.92 Å². The number of carbonyl (C=O) groups is 1. The third-order valence-corrected chi connectivity index (χ3v) is 3.98. The van der Waals surface area contributed by atoms with Gasteiger partial charge >= 0.3 is 5.97 Å². The van der Waals surface area contributed by atoms with Gasteiger partial charge in [-0.25, -0.2) is 9.78 Å². The minimum atomic E-state index is -0.496. The molecular formula is C15H10ClNO3S. The van der Waals surface area contributed by atoms with Crippen LogP contribution in [0.15, 0.2) is 47.1 Å². The molecule has 2 aromatic heterocycles. The molecule has 1 aromatic carbocycles. The third-order valence-electron chi connectivity index (χ3n) is 2.75. The van der Waals surface area contributed by atoms with Gasteiger partial charge in [0.15, 0.2) is 16.5 Å². The van der Waals surface area contributed by atoms with Gasteiger partial charge in [0.2, 0.25) is 0 Å². The Morgan fingerprint density at radius 2 is 2.05 bits per heavy atom. The Hall–Kier alpha value is -2.11. The van der Waals surface area contributed by atoms with Gasteiger partial charge < -0.3 is 9.15 Å². The zero-order valence-electron chi connectivity index (χ0n) is 11.0. The third kappa shape index (κ3) is 2.99. The molecule has 3 rings (SSSR count). The first-order chi connectivity index (χ1) is 10.1. The first-order valence-electron chi connectivity index (χ1n) is 6.12. The summed E-state index contributed by atoms with van der Waals surface area (Å²) in [5, 5.41) is 1.24. The number of nitrogens with zero attached hydrogens (tertiary/aromatic N) is 1. The molecular weight excluding hydrogens is 310 g/mol. The van der Waals surface area contributed by atoms with Crippen molar-refractivity contribution in [1.82, 2.24) is 4.98 Å². The maximum absolute atomic E-state index is 12.2. The van der Waals surface area contributed by atoms with Gasteiger partial charge in [-0.3, -0.25) is 0 Å². The number of aromatic nitrogens is 1. The summed E-state index contributed by atoms with van der Waals surface area (Å²) in [7, 11) is 0. The van der Waals surface area contributed by atoms with Crippen LogP contribution in [0.5, 0.6) is 5.75 Å². The molecule has 0 spiro atoms. The molecule has 0 saturated heterocycles. The molecule has 21 heavy (non-hydrogen) atoms. The quantitative estimate of drug-likeness (QED) is 0.523. The second kappa shape index (κ2) is 5.71. The van der Waals surface area contributed by atoms with Crippen LogP contribution in [0, 0.1) is 6.92 Å². The van der Waals surface area contributed by atoms with Crippen LogP contribution < -0.4 is 4.74 Å². The van der Waals surface area contributed by atoms with Crippen molar-refractivity contribution in [3.63, 3.8) is 0 Å². The number of esters is 1. The van der Waals surface area contributed by atoms with Crippen molar-refractivity contribution < 1.29 is 13.9 Å². The largest absolute Gasteiger partial charge is 0.462 e. The molecule has 0 amide bonds. The van der Waals surface area contributed by atoms with Gasteiger partial charge in [-0.1, -0.05) is 11.6 Å². The van der Waals surface area contributed by atoms with Crippen molar-refractivity contribution in [2.24, 2.45) is 0 Å². The van der Waals surface area contributed by atoms with E-state index in [2.05, 4.69) is 4.98 Å². The zero-order chi connectivity index (χ0) is 14.8. The smallest absolute Gasteiger partial charge is 0.363 e. The number of aryl methyl sites for hydroxylation is 1. The number of rotatable bonds is 3. The van der Waals surface area contributed by atoms with Crippen molar-refractivity contribution in [1.29, 1.82) is 0 Å². The lowest BCUT2D eigenvalue weighted by Crippen LogP contribution is -2.10. The van der Waals surface area contributed by atoms with Gasteiger partial charge in [-0.2, -0.15) is 0 Å². The van der Waals surface area contributed by atoms with E-state index >= 15 is 0 Å². The normalized spacial score (nSPS) is 10.6. The van der Waals surface area contributed by atoms with Gasteiger partial charge in [0.1, 0.15) is 5.75 Å². The van der Waals surface area contributed by atoms with Gasteiger partial charge in [0.05, 0.1) is 6.26 Å². The first-order valence-corrected chi connectivity index (χ1v) is 7.32. The lowest BCUT2D eigenvalue weighted by Gasteiger charge is -2.02. The fourth-order valence-corrected chi connectivity index (χ4v) is 2.74. The average Bonchev–Trinajstić information content (AvgIpc) is 3.10. The minimum Gasteiger partial charge on any atom is -0.462 e. The predicted molar refractivity (Wildman–Crippen MR) is 81.0 cm³/mol. The highest BCUT2D eigenvalue weighted by molar-refractivity contribution is 7.15. The second-order valence-corrected chi connectivity index (χ2v) is 5.88. The second-order valence-electron chi connectivity index (χ2n) is 4.24. The zero-order valence-corrected chi connectivity index (χ0v) is 12.6. The van der Waals surface area contributed by atoms with Crippen molar-refractivity contribution in [2.75, 3.05) is 0 Å². The number of hydrogen-bond donors (Lipinski definition) is 0. The first kappa shape index (κ1) is 13.9. The van der Waals surface area contributed by atoms with E-state index in [1.54, 1.807) is 42.7 Å². The van der Waals surface area contributed by atoms with Gasteiger partial charge in [-0.15, -0.1) is 11.3 Å². The summed E-state index contributed by atoms with van der Waals surface area (Å²) in [6, 6.07) is 10.2. The van der Waals surface area contributed by atoms with Gasteiger partial charge in [-0.05, 0) is 43.3 Å². The van der Waals surface area contributed by atoms with Crippen LogP contribution in [0.1, 0.15) is 15.4 Å². The molecule has 4 nitrogen and oxygen atoms in total. The number of furan rings is 1. The Morgan fingerprint density at radius 1 is 1.29 bits per heavy atom. The Bertz CT molecular complexity index is 763. The van der Waals surface area contributed by atoms with E-state index in [4.69, 9.17) is 20.8 Å². The highest BCUT2D eigenvalue weighted by Crippen LogP contribution is 2.28. The fraction of sp³-hybridized carbons (Fsp3) is 0.0667. The number of ether oxygens (including phenoxy) is 1. The van der Waals surface area contributed by atoms with Gasteiger partial charge in [0, 0.05) is 9.90 Å². The van der Waals surface area contributed by atoms with Crippen LogP contribution >= 0.6 is 22.9 Å². The lowest BCUT2D eigenvalue weighted by molar-refractivity contribution is 0.0729. The molecule has 6 heteroatoms. The molecule has 0 unspecified atom stereocenters. The maximum Gasteiger partial charge on any atom is 0.363 e. The van der Waals surface area contributed by atoms with Crippen LogP contribution in [0.4, 0.5) is 0 Å². The van der Waals surface area contributed by atoms with Crippen molar-refractivity contribution in [3.8, 4) is 16.5 Å². The van der Waals surface area contributed by atoms with Crippen molar-refractivity contribution in [2.45, 2.75) is 6.92 Å². The minimum absolute atomic E-state index is 0.293. The molecule has 0 atom stereocenters. The SMILES string of the molecule is Cc1sc(-c2ccco2)nc1C(=O)Oc1ccc(Cl)cc1. The Morgan fingerprint density at radius 3 is 2.71 bits per heavy atom. The molecule has 0 radical (unpaired) electrons. The number of halogens is 1. The Balaban J connectivity index is 1.83. The number of benzene rings is 1. The molecule has 2 heterocycles. The average molecular weight is 320 g/mol. The van der Waals surface area contributed by atoms with Gasteiger partial charge in [0.25, 0.3) is 0 Å². The molecule has 0 bridgehead atoms. The van der Waals surface area contributed by atoms with Crippen LogP contribution in [-0.2, 0) is 0 Å². The van der Waals surface area contributed by atoms with Crippen LogP contribution in [-0.4, -0.2) is 11.0 Å². The fourth-order valence-electron chi connectivity index (χ4n) is 1.75. The van der Waals surface area contributed by atoms with E-state index < -0.39 is 5.97 Å². The van der Waals surface area contributed by atoms with Crippen LogP contribution in [0.2, 0.25) is 5.02 Å². The molecule has 0 saturated carbocycles. The summed E-state index contributed by atoms with van der Waals surface area (Å²) < 4.78 is 10.6. The van der Waals surface area contributed by atoms with E-state index in [0.717, 1.165) is 4.88 Å². The van der Waals surface area contributed by atoms with Crippen LogP contribution in [0.25, 0.3) is 10.8 Å². The monoisotopic (exact) mass is 319 g/mol. The summed E-state index contributed by atoms with van der Waals surface area (Å²) >= 11 is 7.18. The molecule has 0 N–H and O–H groups in total. The molecule has 0 aliphatic carbocycles. The maximum atomic E-state index is 12.2. The molecule has 106 valence electrons.